The van der Waals surface area contributed by atoms with E-state index in [1.165, 1.54) is 13.0 Å². The van der Waals surface area contributed by atoms with Gasteiger partial charge in [0, 0.05) is 19.9 Å². The van der Waals surface area contributed by atoms with Crippen LogP contribution in [0.4, 0.5) is 0 Å². The highest BCUT2D eigenvalue weighted by atomic mass is 16.5. The molecule has 1 saturated heterocycles. The van der Waals surface area contributed by atoms with E-state index in [2.05, 4.69) is 5.32 Å². The molecule has 1 N–H and O–H groups in total. The second kappa shape index (κ2) is 8.05. The lowest BCUT2D eigenvalue weighted by Gasteiger charge is -2.14. The van der Waals surface area contributed by atoms with Gasteiger partial charge in [0.25, 0.3) is 5.91 Å². The van der Waals surface area contributed by atoms with Crippen LogP contribution in [0.3, 0.4) is 0 Å². The minimum absolute atomic E-state index is 0.0748. The molecule has 0 bridgehead atoms. The zero-order chi connectivity index (χ0) is 17.5. The van der Waals surface area contributed by atoms with Crippen molar-refractivity contribution < 1.29 is 23.9 Å². The van der Waals surface area contributed by atoms with Crippen molar-refractivity contribution in [2.24, 2.45) is 0 Å². The first-order valence-electron chi connectivity index (χ1n) is 7.52. The average Bonchev–Trinajstić information content (AvgIpc) is 2.98. The van der Waals surface area contributed by atoms with Gasteiger partial charge in [-0.15, -0.1) is 0 Å². The predicted molar refractivity (Wildman–Crippen MR) is 85.1 cm³/mol. The Morgan fingerprint density at radius 2 is 1.96 bits per heavy atom. The molecule has 0 aromatic heterocycles. The van der Waals surface area contributed by atoms with E-state index < -0.39 is 24.4 Å². The molecule has 1 fully saturated rings. The van der Waals surface area contributed by atoms with Crippen LogP contribution in [0.2, 0.25) is 0 Å². The molecule has 1 aliphatic rings. The fourth-order valence-corrected chi connectivity index (χ4v) is 2.25. The molecule has 126 valence electrons. The Labute approximate surface area is 139 Å². The van der Waals surface area contributed by atoms with Crippen molar-refractivity contribution in [3.8, 4) is 0 Å². The number of imide groups is 1. The van der Waals surface area contributed by atoms with Crippen LogP contribution in [0.15, 0.2) is 36.0 Å². The van der Waals surface area contributed by atoms with Crippen LogP contribution in [-0.2, 0) is 23.9 Å². The highest BCUT2D eigenvalue weighted by Gasteiger charge is 2.27. The van der Waals surface area contributed by atoms with Crippen molar-refractivity contribution in [2.45, 2.75) is 19.8 Å². The molecule has 1 aromatic carbocycles. The number of carbonyl (C=O) groups excluding carboxylic acids is 4. The molecule has 0 spiro atoms. The summed E-state index contributed by atoms with van der Waals surface area (Å²) in [7, 11) is 0. The molecule has 3 amide bonds. The number of carbonyl (C=O) groups is 4. The van der Waals surface area contributed by atoms with Crippen LogP contribution in [0.5, 0.6) is 0 Å². The van der Waals surface area contributed by atoms with Gasteiger partial charge in [-0.1, -0.05) is 30.3 Å². The van der Waals surface area contributed by atoms with Crippen LogP contribution >= 0.6 is 0 Å². The van der Waals surface area contributed by atoms with E-state index in [0.29, 0.717) is 24.9 Å². The summed E-state index contributed by atoms with van der Waals surface area (Å²) in [5.41, 5.74) is 0.619. The smallest absolute Gasteiger partial charge is 0.355 e. The fourth-order valence-electron chi connectivity index (χ4n) is 2.25. The van der Waals surface area contributed by atoms with Crippen LogP contribution in [0, 0.1) is 0 Å². The van der Waals surface area contributed by atoms with Crippen LogP contribution < -0.4 is 5.32 Å². The maximum Gasteiger partial charge on any atom is 0.355 e. The molecule has 1 aliphatic heterocycles. The number of hydrogen-bond acceptors (Lipinski definition) is 5. The van der Waals surface area contributed by atoms with Gasteiger partial charge in [0.15, 0.2) is 6.61 Å². The summed E-state index contributed by atoms with van der Waals surface area (Å²) >= 11 is 0. The zero-order valence-corrected chi connectivity index (χ0v) is 13.3. The summed E-state index contributed by atoms with van der Waals surface area (Å²) < 4.78 is 4.93. The van der Waals surface area contributed by atoms with Crippen molar-refractivity contribution in [3.63, 3.8) is 0 Å². The molecular formula is C17H18N2O5. The maximum absolute atomic E-state index is 12.1. The first kappa shape index (κ1) is 17.4. The first-order valence-corrected chi connectivity index (χ1v) is 7.52. The van der Waals surface area contributed by atoms with E-state index in [1.807, 2.05) is 6.07 Å². The number of rotatable bonds is 5. The zero-order valence-electron chi connectivity index (χ0n) is 13.3. The Hall–Kier alpha value is -2.96. The van der Waals surface area contributed by atoms with Gasteiger partial charge >= 0.3 is 5.97 Å². The molecule has 0 radical (unpaired) electrons. The maximum atomic E-state index is 12.1. The number of benzene rings is 1. The largest absolute Gasteiger partial charge is 0.451 e. The van der Waals surface area contributed by atoms with Crippen molar-refractivity contribution >= 4 is 29.8 Å². The second-order valence-corrected chi connectivity index (χ2v) is 5.27. The lowest BCUT2D eigenvalue weighted by atomic mass is 10.2. The monoisotopic (exact) mass is 330 g/mol. The average molecular weight is 330 g/mol. The Balaban J connectivity index is 2.02. The highest BCUT2D eigenvalue weighted by Crippen LogP contribution is 2.10. The van der Waals surface area contributed by atoms with E-state index in [1.54, 1.807) is 24.3 Å². The molecule has 1 heterocycles. The number of esters is 1. The minimum atomic E-state index is -0.839. The molecule has 2 rings (SSSR count). The number of ether oxygens (including phenoxy) is 1. The van der Waals surface area contributed by atoms with Crippen LogP contribution in [0.1, 0.15) is 25.3 Å². The third-order valence-electron chi connectivity index (χ3n) is 3.34. The first-order chi connectivity index (χ1) is 11.5. The lowest BCUT2D eigenvalue weighted by Crippen LogP contribution is -2.36. The van der Waals surface area contributed by atoms with Gasteiger partial charge in [-0.2, -0.15) is 0 Å². The topological polar surface area (TPSA) is 92.8 Å². The number of likely N-dealkylation sites (tertiary alicyclic amines) is 1. The summed E-state index contributed by atoms with van der Waals surface area (Å²) in [6.45, 7) is 1.06. The fraction of sp³-hybridized carbons (Fsp3) is 0.294. The Kier molecular flexibility index (Phi) is 5.83. The summed E-state index contributed by atoms with van der Waals surface area (Å²) in [4.78, 5) is 47.8. The van der Waals surface area contributed by atoms with Crippen LogP contribution in [0.25, 0.3) is 6.08 Å². The van der Waals surface area contributed by atoms with E-state index in [4.69, 9.17) is 4.74 Å². The Morgan fingerprint density at radius 3 is 2.54 bits per heavy atom. The number of amides is 3. The molecule has 0 atom stereocenters. The van der Waals surface area contributed by atoms with Crippen molar-refractivity contribution in [3.05, 3.63) is 41.6 Å². The number of nitrogens with one attached hydrogen (secondary N) is 1. The SMILES string of the molecule is CC(=O)NC(=Cc1ccccc1)C(=O)OCC(=O)N1CCCC1=O. The summed E-state index contributed by atoms with van der Waals surface area (Å²) in [5.74, 6) is -2.10. The van der Waals surface area contributed by atoms with Crippen molar-refractivity contribution in [1.29, 1.82) is 0 Å². The molecule has 1 aromatic rings. The van der Waals surface area contributed by atoms with Gasteiger partial charge in [0.2, 0.25) is 11.8 Å². The molecule has 7 nitrogen and oxygen atoms in total. The quantitative estimate of drug-likeness (QED) is 0.638. The van der Waals surface area contributed by atoms with Crippen molar-refractivity contribution in [1.82, 2.24) is 10.2 Å². The number of hydrogen-bond donors (Lipinski definition) is 1. The van der Waals surface area contributed by atoms with Gasteiger partial charge in [-0.3, -0.25) is 19.3 Å². The third kappa shape index (κ3) is 4.77. The number of nitrogens with zero attached hydrogens (tertiary/aromatic N) is 1. The highest BCUT2D eigenvalue weighted by molar-refractivity contribution is 6.00. The van der Waals surface area contributed by atoms with Crippen molar-refractivity contribution in [2.75, 3.05) is 13.2 Å². The minimum Gasteiger partial charge on any atom is -0.451 e. The standard InChI is InChI=1S/C17H18N2O5/c1-12(20)18-14(10-13-6-3-2-4-7-13)17(23)24-11-16(22)19-9-5-8-15(19)21/h2-4,6-7,10H,5,8-9,11H2,1H3,(H,18,20). The second-order valence-electron chi connectivity index (χ2n) is 5.27. The van der Waals surface area contributed by atoms with Crippen LogP contribution in [-0.4, -0.2) is 41.7 Å². The van der Waals surface area contributed by atoms with E-state index >= 15 is 0 Å². The molecule has 0 unspecified atom stereocenters. The van der Waals surface area contributed by atoms with Gasteiger partial charge in [0.1, 0.15) is 5.70 Å². The normalized spacial score (nSPS) is 14.5. The Bertz CT molecular complexity index is 681. The van der Waals surface area contributed by atoms with E-state index in [9.17, 15) is 19.2 Å². The molecule has 0 aliphatic carbocycles. The molecule has 7 heteroatoms. The molecule has 24 heavy (non-hydrogen) atoms. The third-order valence-corrected chi connectivity index (χ3v) is 3.34. The van der Waals surface area contributed by atoms with Gasteiger partial charge in [0.05, 0.1) is 0 Å². The summed E-state index contributed by atoms with van der Waals surface area (Å²) in [6, 6.07) is 8.89. The molecule has 0 saturated carbocycles. The summed E-state index contributed by atoms with van der Waals surface area (Å²) in [6.07, 6.45) is 2.39. The van der Waals surface area contributed by atoms with Gasteiger partial charge in [-0.05, 0) is 18.1 Å². The lowest BCUT2D eigenvalue weighted by molar-refractivity contribution is -0.152. The predicted octanol–water partition coefficient (Wildman–Crippen LogP) is 0.856. The van der Waals surface area contributed by atoms with E-state index in [-0.39, 0.29) is 11.6 Å². The Morgan fingerprint density at radius 1 is 1.25 bits per heavy atom. The molecular weight excluding hydrogens is 312 g/mol. The summed E-state index contributed by atoms with van der Waals surface area (Å²) in [5, 5.41) is 2.39. The van der Waals surface area contributed by atoms with E-state index in [0.717, 1.165) is 4.90 Å². The van der Waals surface area contributed by atoms with Gasteiger partial charge in [-0.25, -0.2) is 4.79 Å². The van der Waals surface area contributed by atoms with Gasteiger partial charge < -0.3 is 10.1 Å².